The maximum Gasteiger partial charge on any atom is 0.214 e. The van der Waals surface area contributed by atoms with Crippen LogP contribution in [-0.4, -0.2) is 14.9 Å². The van der Waals surface area contributed by atoms with Gasteiger partial charge in [0.2, 0.25) is 4.77 Å². The summed E-state index contributed by atoms with van der Waals surface area (Å²) in [4.78, 5) is 0. The molecule has 2 rings (SSSR count). The van der Waals surface area contributed by atoms with E-state index in [1.165, 1.54) is 4.68 Å². The molecule has 0 amide bonds. The third-order valence-corrected chi connectivity index (χ3v) is 3.35. The van der Waals surface area contributed by atoms with Crippen LogP contribution in [0.3, 0.4) is 0 Å². The Morgan fingerprint density at radius 3 is 2.73 bits per heavy atom. The van der Waals surface area contributed by atoms with Gasteiger partial charge in [-0.2, -0.15) is 5.10 Å². The molecule has 0 aliphatic rings. The van der Waals surface area contributed by atoms with Crippen molar-refractivity contribution in [2.24, 2.45) is 0 Å². The van der Waals surface area contributed by atoms with E-state index in [1.807, 2.05) is 18.2 Å². The number of nitrogens with two attached hydrogens (primary N) is 1. The largest absolute Gasteiger partial charge is 0.335 e. The van der Waals surface area contributed by atoms with Gasteiger partial charge in [-0.25, -0.2) is 9.77 Å². The Balaban J connectivity index is 2.68. The molecule has 0 saturated carbocycles. The molecule has 1 aromatic heterocycles. The molecular weight excluding hydrogens is 344 g/mol. The number of halogens is 2. The van der Waals surface area contributed by atoms with Gasteiger partial charge in [0.25, 0.3) is 0 Å². The second kappa shape index (κ2) is 4.07. The van der Waals surface area contributed by atoms with Crippen LogP contribution >= 0.6 is 44.1 Å². The predicted molar refractivity (Wildman–Crippen MR) is 68.4 cm³/mol. The minimum atomic E-state index is 0.386. The first-order valence-electron chi connectivity index (χ1n) is 3.97. The SMILES string of the molecule is Nn1c(-c2cc(Br)ccc2Br)n[nH]c1=S. The van der Waals surface area contributed by atoms with Gasteiger partial charge in [0.05, 0.1) is 0 Å². The van der Waals surface area contributed by atoms with E-state index in [-0.39, 0.29) is 0 Å². The fourth-order valence-electron chi connectivity index (χ4n) is 1.16. The highest BCUT2D eigenvalue weighted by atomic mass is 79.9. The first-order valence-corrected chi connectivity index (χ1v) is 5.97. The van der Waals surface area contributed by atoms with E-state index >= 15 is 0 Å². The zero-order valence-electron chi connectivity index (χ0n) is 7.37. The molecule has 0 aliphatic carbocycles. The van der Waals surface area contributed by atoms with E-state index in [0.29, 0.717) is 10.6 Å². The number of aromatic nitrogens is 3. The van der Waals surface area contributed by atoms with Crippen LogP contribution < -0.4 is 5.84 Å². The Hall–Kier alpha value is -0.660. The highest BCUT2D eigenvalue weighted by molar-refractivity contribution is 9.11. The molecule has 0 fully saturated rings. The number of H-pyrrole nitrogens is 1. The number of nitrogens with one attached hydrogen (secondary N) is 1. The zero-order chi connectivity index (χ0) is 11.0. The van der Waals surface area contributed by atoms with Crippen molar-refractivity contribution < 1.29 is 0 Å². The number of rotatable bonds is 1. The number of nitrogens with zero attached hydrogens (tertiary/aromatic N) is 2. The van der Waals surface area contributed by atoms with Crippen LogP contribution in [0.2, 0.25) is 0 Å². The maximum atomic E-state index is 5.74. The Kier molecular flexibility index (Phi) is 2.94. The molecule has 2 aromatic rings. The Labute approximate surface area is 108 Å². The van der Waals surface area contributed by atoms with E-state index in [1.54, 1.807) is 0 Å². The van der Waals surface area contributed by atoms with Gasteiger partial charge >= 0.3 is 0 Å². The molecule has 0 saturated heterocycles. The van der Waals surface area contributed by atoms with Crippen molar-refractivity contribution in [3.05, 3.63) is 31.9 Å². The third-order valence-electron chi connectivity index (χ3n) is 1.87. The third kappa shape index (κ3) is 1.99. The van der Waals surface area contributed by atoms with Crippen molar-refractivity contribution in [2.75, 3.05) is 5.84 Å². The van der Waals surface area contributed by atoms with Gasteiger partial charge in [0, 0.05) is 14.5 Å². The summed E-state index contributed by atoms with van der Waals surface area (Å²) in [6.07, 6.45) is 0. The van der Waals surface area contributed by atoms with E-state index in [2.05, 4.69) is 42.1 Å². The summed E-state index contributed by atoms with van der Waals surface area (Å²) in [6.45, 7) is 0. The zero-order valence-corrected chi connectivity index (χ0v) is 11.4. The van der Waals surface area contributed by atoms with Crippen LogP contribution in [0.4, 0.5) is 0 Å². The van der Waals surface area contributed by atoms with Gasteiger partial charge in [0.1, 0.15) is 0 Å². The van der Waals surface area contributed by atoms with E-state index in [4.69, 9.17) is 18.1 Å². The second-order valence-electron chi connectivity index (χ2n) is 2.85. The highest BCUT2D eigenvalue weighted by Gasteiger charge is 2.10. The summed E-state index contributed by atoms with van der Waals surface area (Å²) < 4.78 is 3.58. The van der Waals surface area contributed by atoms with E-state index in [9.17, 15) is 0 Å². The number of hydrogen-bond acceptors (Lipinski definition) is 3. The quantitative estimate of drug-likeness (QED) is 0.614. The molecule has 7 heteroatoms. The first kappa shape index (κ1) is 10.8. The van der Waals surface area contributed by atoms with Crippen LogP contribution in [0, 0.1) is 4.77 Å². The molecular formula is C8H6Br2N4S. The molecule has 0 atom stereocenters. The summed E-state index contributed by atoms with van der Waals surface area (Å²) in [5, 5.41) is 6.69. The maximum absolute atomic E-state index is 5.74. The fraction of sp³-hybridized carbons (Fsp3) is 0. The second-order valence-corrected chi connectivity index (χ2v) is 5.00. The summed E-state index contributed by atoms with van der Waals surface area (Å²) in [5.74, 6) is 6.33. The predicted octanol–water partition coefficient (Wildman–Crippen LogP) is 2.85. The standard InChI is InChI=1S/C8H6Br2N4S/c9-4-1-2-6(10)5(3-4)7-12-13-8(15)14(7)11/h1-3H,11H2,(H,13,15). The Morgan fingerprint density at radius 2 is 2.13 bits per heavy atom. The van der Waals surface area contributed by atoms with E-state index < -0.39 is 0 Å². The fourth-order valence-corrected chi connectivity index (χ4v) is 2.08. The smallest absolute Gasteiger partial charge is 0.214 e. The first-order chi connectivity index (χ1) is 7.09. The summed E-state index contributed by atoms with van der Waals surface area (Å²) in [5.41, 5.74) is 0.874. The van der Waals surface area contributed by atoms with Crippen molar-refractivity contribution >= 4 is 44.1 Å². The van der Waals surface area contributed by atoms with Gasteiger partial charge < -0.3 is 5.84 Å². The lowest BCUT2D eigenvalue weighted by atomic mass is 10.2. The van der Waals surface area contributed by atoms with Crippen LogP contribution in [0.5, 0.6) is 0 Å². The molecule has 3 N–H and O–H groups in total. The van der Waals surface area contributed by atoms with E-state index in [0.717, 1.165) is 14.5 Å². The molecule has 0 radical (unpaired) electrons. The number of nitrogen functional groups attached to an aromatic ring is 1. The average Bonchev–Trinajstić information content (AvgIpc) is 2.52. The number of aromatic amines is 1. The Morgan fingerprint density at radius 1 is 1.40 bits per heavy atom. The van der Waals surface area contributed by atoms with Crippen LogP contribution in [0.25, 0.3) is 11.4 Å². The highest BCUT2D eigenvalue weighted by Crippen LogP contribution is 2.28. The molecule has 4 nitrogen and oxygen atoms in total. The summed E-state index contributed by atoms with van der Waals surface area (Å²) in [7, 11) is 0. The van der Waals surface area contributed by atoms with Gasteiger partial charge in [-0.15, -0.1) is 0 Å². The molecule has 15 heavy (non-hydrogen) atoms. The van der Waals surface area contributed by atoms with Crippen molar-refractivity contribution in [3.8, 4) is 11.4 Å². The molecule has 0 aliphatic heterocycles. The summed E-state index contributed by atoms with van der Waals surface area (Å²) in [6, 6.07) is 5.76. The average molecular weight is 350 g/mol. The topological polar surface area (TPSA) is 59.6 Å². The van der Waals surface area contributed by atoms with Gasteiger partial charge in [-0.05, 0) is 30.4 Å². The van der Waals surface area contributed by atoms with Crippen LogP contribution in [0.1, 0.15) is 0 Å². The van der Waals surface area contributed by atoms with Gasteiger partial charge in [-0.3, -0.25) is 0 Å². The molecule has 1 heterocycles. The lowest BCUT2D eigenvalue weighted by Gasteiger charge is -2.03. The van der Waals surface area contributed by atoms with Crippen molar-refractivity contribution in [1.29, 1.82) is 0 Å². The Bertz CT molecular complexity index is 560. The summed E-state index contributed by atoms with van der Waals surface area (Å²) >= 11 is 11.8. The molecule has 0 bridgehead atoms. The molecule has 78 valence electrons. The molecule has 0 spiro atoms. The molecule has 0 unspecified atom stereocenters. The normalized spacial score (nSPS) is 10.5. The van der Waals surface area contributed by atoms with Crippen molar-refractivity contribution in [2.45, 2.75) is 0 Å². The lowest BCUT2D eigenvalue weighted by molar-refractivity contribution is 0.983. The number of benzene rings is 1. The van der Waals surface area contributed by atoms with Gasteiger partial charge in [-0.1, -0.05) is 31.9 Å². The van der Waals surface area contributed by atoms with Crippen LogP contribution in [0.15, 0.2) is 27.1 Å². The van der Waals surface area contributed by atoms with Crippen LogP contribution in [-0.2, 0) is 0 Å². The van der Waals surface area contributed by atoms with Gasteiger partial charge in [0.15, 0.2) is 5.82 Å². The minimum Gasteiger partial charge on any atom is -0.335 e. The molecule has 1 aromatic carbocycles. The van der Waals surface area contributed by atoms with Crippen molar-refractivity contribution in [1.82, 2.24) is 14.9 Å². The number of hydrogen-bond donors (Lipinski definition) is 2. The lowest BCUT2D eigenvalue weighted by Crippen LogP contribution is -2.10. The minimum absolute atomic E-state index is 0.386. The monoisotopic (exact) mass is 348 g/mol. The van der Waals surface area contributed by atoms with Crippen molar-refractivity contribution in [3.63, 3.8) is 0 Å².